The fraction of sp³-hybridized carbons (Fsp3) is 0.353. The number of morpholine rings is 1. The summed E-state index contributed by atoms with van der Waals surface area (Å²) in [5.74, 6) is -3.24. The minimum absolute atomic E-state index is 0.0112. The van der Waals surface area contributed by atoms with Crippen molar-refractivity contribution < 1.29 is 42.6 Å². The second kappa shape index (κ2) is 17.9. The molecule has 20 nitrogen and oxygen atoms in total. The van der Waals surface area contributed by atoms with Gasteiger partial charge in [0.1, 0.15) is 17.5 Å². The lowest BCUT2D eigenvalue weighted by Gasteiger charge is -2.32. The lowest BCUT2D eigenvalue weighted by atomic mass is 9.96. The van der Waals surface area contributed by atoms with E-state index < -0.39 is 41.8 Å². The molecule has 4 atom stereocenters. The van der Waals surface area contributed by atoms with E-state index >= 15 is 4.39 Å². The van der Waals surface area contributed by atoms with Crippen LogP contribution in [0.3, 0.4) is 0 Å². The Morgan fingerprint density at radius 3 is 2.56 bits per heavy atom. The smallest absolute Gasteiger partial charge is 0.407 e. The van der Waals surface area contributed by atoms with Crippen LogP contribution in [0.5, 0.6) is 0 Å². The Morgan fingerprint density at radius 2 is 1.78 bits per heavy atom. The normalized spacial score (nSPS) is 20.2. The van der Waals surface area contributed by atoms with Crippen LogP contribution >= 0.6 is 0 Å². The van der Waals surface area contributed by atoms with Gasteiger partial charge in [0, 0.05) is 72.4 Å². The predicted octanol–water partition coefficient (Wildman–Crippen LogP) is 5.31. The zero-order valence-electron chi connectivity index (χ0n) is 39.8. The van der Waals surface area contributed by atoms with Crippen molar-refractivity contribution in [3.63, 3.8) is 0 Å². The van der Waals surface area contributed by atoms with Crippen molar-refractivity contribution >= 4 is 74.3 Å². The van der Waals surface area contributed by atoms with Crippen LogP contribution in [0.2, 0.25) is 0 Å². The van der Waals surface area contributed by atoms with Gasteiger partial charge in [0.05, 0.1) is 65.8 Å². The number of nitrogens with one attached hydrogen (secondary N) is 4. The number of pyridine rings is 1. The summed E-state index contributed by atoms with van der Waals surface area (Å²) in [6.07, 6.45) is 3.88. The highest BCUT2D eigenvalue weighted by molar-refractivity contribution is 6.15. The monoisotopic (exact) mass is 979 g/mol. The van der Waals surface area contributed by atoms with E-state index in [4.69, 9.17) is 14.5 Å². The maximum Gasteiger partial charge on any atom is 0.407 e. The minimum Gasteiger partial charge on any atom is -0.453 e. The second-order valence-electron chi connectivity index (χ2n) is 19.1. The molecule has 0 radical (unpaired) electrons. The summed E-state index contributed by atoms with van der Waals surface area (Å²) < 4.78 is 32.6. The van der Waals surface area contributed by atoms with Crippen LogP contribution in [0.15, 0.2) is 71.8 Å². The number of anilines is 1. The number of imide groups is 1. The molecule has 21 heteroatoms. The number of fused-ring (bicyclic) bond motifs is 5. The number of benzene rings is 3. The maximum absolute atomic E-state index is 16.7. The number of carbonyl (C=O) groups is 6. The van der Waals surface area contributed by atoms with Crippen LogP contribution in [0.25, 0.3) is 55.4 Å². The fourth-order valence-electron chi connectivity index (χ4n) is 10.9. The van der Waals surface area contributed by atoms with Gasteiger partial charge < -0.3 is 34.9 Å². The number of alkyl carbamates (subject to hydrolysis) is 1. The average molecular weight is 980 g/mol. The summed E-state index contributed by atoms with van der Waals surface area (Å²) in [4.78, 5) is 103. The van der Waals surface area contributed by atoms with Crippen LogP contribution < -0.4 is 21.6 Å². The number of amides is 6. The molecule has 7 aromatic rings. The van der Waals surface area contributed by atoms with Gasteiger partial charge in [-0.25, -0.2) is 19.0 Å². The van der Waals surface area contributed by atoms with Gasteiger partial charge in [-0.15, -0.1) is 0 Å². The topological polar surface area (TPSA) is 237 Å². The number of piperidine rings is 1. The molecule has 3 fully saturated rings. The Hall–Kier alpha value is -8.20. The van der Waals surface area contributed by atoms with E-state index in [9.17, 15) is 33.6 Å². The van der Waals surface area contributed by atoms with Gasteiger partial charge in [-0.1, -0.05) is 12.1 Å². The number of carbonyl (C=O) groups excluding carboxylic acids is 6. The van der Waals surface area contributed by atoms with Crippen LogP contribution in [0, 0.1) is 5.82 Å². The molecule has 2 unspecified atom stereocenters. The number of H-pyrrole nitrogens is 1. The molecule has 4 aromatic heterocycles. The SMILES string of the molecule is COC(=O)N[C@@H]1CC[C@@H](n2c(=O)n(C)c3cnc4[nH]c(-c5ccc(C(=O)N6CCOC(C(=O)Nc7ccc8c(c7)CN(C7CCC(=O)NC7=O)C8=O)C6)c(F)c5)c(-c5ccc6c(cnn6C(C)C)c5)c4c32)C1. The number of hydrogen-bond acceptors (Lipinski definition) is 11. The number of aromatic nitrogens is 6. The fourth-order valence-corrected chi connectivity index (χ4v) is 10.9. The van der Waals surface area contributed by atoms with E-state index in [-0.39, 0.29) is 80.3 Å². The molecule has 3 aromatic carbocycles. The standard InChI is InChI=1S/C51H50FN11O9/c1-25(2)63-36-12-6-26(17-28(36)21-54-63)41-42-44-38(59(3)51(70)62(44)32-9-7-31(20-32)56-50(69)71-4)22-53-45(42)58-43(41)27-5-10-34(35(52)19-27)48(67)60-15-16-72-39(24-60)47(66)55-30-8-11-33-29(18-30)23-61(49(33)68)37-13-14-40(64)57-46(37)65/h5-6,8,10-12,17-19,21-22,25,31-32,37,39H,7,9,13-16,20,23-24H2,1-4H3,(H,53,58)(H,55,66)(H,56,69)(H,57,64,65)/t31-,32-,37?,39?/m1/s1. The minimum atomic E-state index is -1.10. The number of ether oxygens (including phenoxy) is 2. The summed E-state index contributed by atoms with van der Waals surface area (Å²) in [6, 6.07) is 13.9. The van der Waals surface area contributed by atoms with Crippen molar-refractivity contribution in [3.8, 4) is 22.4 Å². The van der Waals surface area contributed by atoms with E-state index in [1.165, 1.54) is 29.0 Å². The van der Waals surface area contributed by atoms with Gasteiger partial charge in [-0.05, 0) is 93.1 Å². The number of halogens is 1. The molecule has 11 rings (SSSR count). The van der Waals surface area contributed by atoms with E-state index in [0.717, 1.165) is 16.5 Å². The van der Waals surface area contributed by atoms with Crippen LogP contribution in [-0.2, 0) is 37.4 Å². The highest BCUT2D eigenvalue weighted by atomic mass is 19.1. The molecular weight excluding hydrogens is 930 g/mol. The summed E-state index contributed by atoms with van der Waals surface area (Å²) in [7, 11) is 3.01. The van der Waals surface area contributed by atoms with Crippen molar-refractivity contribution in [2.45, 2.75) is 82.8 Å². The van der Waals surface area contributed by atoms with Crippen LogP contribution in [0.4, 0.5) is 14.9 Å². The highest BCUT2D eigenvalue weighted by Crippen LogP contribution is 2.44. The number of rotatable bonds is 9. The quantitative estimate of drug-likeness (QED) is 0.135. The first-order valence-corrected chi connectivity index (χ1v) is 23.9. The molecule has 1 aliphatic carbocycles. The number of hydrogen-bond donors (Lipinski definition) is 4. The first-order valence-electron chi connectivity index (χ1n) is 23.9. The number of imidazole rings is 1. The van der Waals surface area contributed by atoms with E-state index in [1.54, 1.807) is 52.8 Å². The average Bonchev–Trinajstić information content (AvgIpc) is 4.21. The van der Waals surface area contributed by atoms with E-state index in [1.807, 2.05) is 36.7 Å². The number of aryl methyl sites for hydroxylation is 1. The number of aromatic amines is 1. The molecule has 7 heterocycles. The molecule has 0 bridgehead atoms. The zero-order chi connectivity index (χ0) is 50.3. The first kappa shape index (κ1) is 46.2. The third-order valence-electron chi connectivity index (χ3n) is 14.4. The third-order valence-corrected chi connectivity index (χ3v) is 14.4. The van der Waals surface area contributed by atoms with E-state index in [0.29, 0.717) is 75.0 Å². The molecular formula is C51H50FN11O9. The van der Waals surface area contributed by atoms with Crippen molar-refractivity contribution in [1.82, 2.24) is 49.3 Å². The summed E-state index contributed by atoms with van der Waals surface area (Å²) in [5, 5.41) is 14.1. The van der Waals surface area contributed by atoms with Crippen molar-refractivity contribution in [2.75, 3.05) is 32.1 Å². The van der Waals surface area contributed by atoms with Crippen LogP contribution in [-0.4, -0.2) is 119 Å². The Morgan fingerprint density at radius 1 is 0.958 bits per heavy atom. The second-order valence-corrected chi connectivity index (χ2v) is 19.1. The summed E-state index contributed by atoms with van der Waals surface area (Å²) in [5.41, 5.74) is 5.81. The van der Waals surface area contributed by atoms with Crippen LogP contribution in [0.1, 0.15) is 84.3 Å². The Labute approximate surface area is 409 Å². The molecule has 370 valence electrons. The maximum atomic E-state index is 16.7. The molecule has 2 saturated heterocycles. The first-order chi connectivity index (χ1) is 34.7. The molecule has 4 N–H and O–H groups in total. The molecule has 6 amide bonds. The van der Waals surface area contributed by atoms with Gasteiger partial charge >= 0.3 is 11.8 Å². The number of methoxy groups -OCH3 is 1. The summed E-state index contributed by atoms with van der Waals surface area (Å²) in [6.45, 7) is 4.16. The number of nitrogens with zero attached hydrogens (tertiary/aromatic N) is 7. The van der Waals surface area contributed by atoms with Crippen molar-refractivity contribution in [1.29, 1.82) is 0 Å². The summed E-state index contributed by atoms with van der Waals surface area (Å²) >= 11 is 0. The van der Waals surface area contributed by atoms with Gasteiger partial charge in [0.15, 0.2) is 6.10 Å². The predicted molar refractivity (Wildman–Crippen MR) is 260 cm³/mol. The molecule has 72 heavy (non-hydrogen) atoms. The highest BCUT2D eigenvalue weighted by Gasteiger charge is 2.40. The van der Waals surface area contributed by atoms with Gasteiger partial charge in [0.25, 0.3) is 17.7 Å². The third kappa shape index (κ3) is 7.83. The molecule has 3 aliphatic heterocycles. The van der Waals surface area contributed by atoms with Gasteiger partial charge in [0.2, 0.25) is 11.8 Å². The van der Waals surface area contributed by atoms with Crippen molar-refractivity contribution in [2.24, 2.45) is 7.05 Å². The molecule has 4 aliphatic rings. The lowest BCUT2D eigenvalue weighted by Crippen LogP contribution is -2.52. The molecule has 1 saturated carbocycles. The Bertz CT molecular complexity index is 3520. The Kier molecular flexibility index (Phi) is 11.5. The molecule has 0 spiro atoms. The Balaban J connectivity index is 0.887. The lowest BCUT2D eigenvalue weighted by molar-refractivity contribution is -0.137. The largest absolute Gasteiger partial charge is 0.453 e. The van der Waals surface area contributed by atoms with Crippen molar-refractivity contribution in [3.05, 3.63) is 100.0 Å². The van der Waals surface area contributed by atoms with Gasteiger partial charge in [-0.2, -0.15) is 5.10 Å². The zero-order valence-corrected chi connectivity index (χ0v) is 39.8. The van der Waals surface area contributed by atoms with Gasteiger partial charge in [-0.3, -0.25) is 43.1 Å². The van der Waals surface area contributed by atoms with E-state index in [2.05, 4.69) is 26.0 Å².